The summed E-state index contributed by atoms with van der Waals surface area (Å²) in [5.74, 6) is 0. The Balaban J connectivity index is 2.64. The van der Waals surface area contributed by atoms with E-state index in [4.69, 9.17) is 4.74 Å². The summed E-state index contributed by atoms with van der Waals surface area (Å²) in [4.78, 5) is 39.5. The maximum absolute atomic E-state index is 13.3. The van der Waals surface area contributed by atoms with Crippen LogP contribution in [0.5, 0.6) is 0 Å². The van der Waals surface area contributed by atoms with Crippen LogP contribution in [-0.4, -0.2) is 44.6 Å². The van der Waals surface area contributed by atoms with Gasteiger partial charge in [-0.1, -0.05) is 20.8 Å². The number of fused-ring (bicyclic) bond motifs is 1. The van der Waals surface area contributed by atoms with E-state index in [1.165, 1.54) is 15.9 Å². The third-order valence-corrected chi connectivity index (χ3v) is 6.12. The second kappa shape index (κ2) is 9.13. The monoisotopic (exact) mass is 454 g/mol. The molecule has 174 valence electrons. The second-order valence-electron chi connectivity index (χ2n) is 9.83. The lowest BCUT2D eigenvalue weighted by atomic mass is 9.97. The van der Waals surface area contributed by atoms with Crippen molar-refractivity contribution >= 4 is 27.6 Å². The first-order valence-corrected chi connectivity index (χ1v) is 11.0. The molecule has 0 aromatic carbocycles. The molecule has 0 fully saturated rings. The highest BCUT2D eigenvalue weighted by molar-refractivity contribution is 7.18. The van der Waals surface area contributed by atoms with Crippen molar-refractivity contribution in [2.45, 2.75) is 73.6 Å². The number of aryl methyl sites for hydroxylation is 1. The van der Waals surface area contributed by atoms with Gasteiger partial charge in [0.1, 0.15) is 4.83 Å². The first-order chi connectivity index (χ1) is 14.2. The molecule has 0 spiro atoms. The number of hydrogen-bond acceptors (Lipinski definition) is 6. The van der Waals surface area contributed by atoms with Gasteiger partial charge in [-0.3, -0.25) is 13.9 Å². The average molecular weight is 455 g/mol. The number of rotatable bonds is 7. The minimum absolute atomic E-state index is 0.228. The molecule has 0 atom stereocenters. The van der Waals surface area contributed by atoms with Gasteiger partial charge < -0.3 is 9.84 Å². The molecule has 9 nitrogen and oxygen atoms in total. The van der Waals surface area contributed by atoms with Gasteiger partial charge in [-0.15, -0.1) is 11.3 Å². The van der Waals surface area contributed by atoms with Crippen LogP contribution in [0.15, 0.2) is 9.59 Å². The fourth-order valence-electron chi connectivity index (χ4n) is 3.35. The van der Waals surface area contributed by atoms with Crippen molar-refractivity contribution in [3.63, 3.8) is 0 Å². The number of nitrogens with one attached hydrogen (secondary N) is 1. The summed E-state index contributed by atoms with van der Waals surface area (Å²) in [5, 5.41) is 11.2. The van der Waals surface area contributed by atoms with Crippen LogP contribution in [0, 0.1) is 12.3 Å². The largest absolute Gasteiger partial charge is 0.464 e. The molecule has 2 N–H and O–H groups in total. The molecule has 0 aliphatic rings. The lowest BCUT2D eigenvalue weighted by Gasteiger charge is -2.33. The van der Waals surface area contributed by atoms with Crippen molar-refractivity contribution in [3.8, 4) is 0 Å². The van der Waals surface area contributed by atoms with Crippen LogP contribution in [-0.2, 0) is 24.4 Å². The van der Waals surface area contributed by atoms with Crippen LogP contribution in [0.3, 0.4) is 0 Å². The average Bonchev–Trinajstić information content (AvgIpc) is 2.93. The molecule has 0 saturated carbocycles. The molecule has 0 aliphatic carbocycles. The van der Waals surface area contributed by atoms with Gasteiger partial charge in [0.15, 0.2) is 0 Å². The van der Waals surface area contributed by atoms with Gasteiger partial charge in [-0.25, -0.2) is 20.0 Å². The summed E-state index contributed by atoms with van der Waals surface area (Å²) in [7, 11) is 1.56. The maximum Gasteiger partial charge on any atom is 0.422 e. The Morgan fingerprint density at radius 3 is 2.26 bits per heavy atom. The summed E-state index contributed by atoms with van der Waals surface area (Å²) >= 11 is 1.33. The predicted molar refractivity (Wildman–Crippen MR) is 123 cm³/mol. The molecule has 0 unspecified atom stereocenters. The molecule has 1 amide bonds. The Kier molecular flexibility index (Phi) is 7.39. The summed E-state index contributed by atoms with van der Waals surface area (Å²) in [6.07, 6.45) is -1.09. The third kappa shape index (κ3) is 5.55. The number of amides is 1. The fourth-order valence-corrected chi connectivity index (χ4v) is 4.59. The SMILES string of the molecule is COCCn1c(=O)n(CC(C)(C)C)c(=O)c2c(C)c(CNN(C(=O)O)C(C)(C)C)sc21. The van der Waals surface area contributed by atoms with Gasteiger partial charge in [0.25, 0.3) is 5.56 Å². The van der Waals surface area contributed by atoms with E-state index < -0.39 is 11.6 Å². The van der Waals surface area contributed by atoms with Crippen molar-refractivity contribution in [3.05, 3.63) is 31.3 Å². The van der Waals surface area contributed by atoms with Crippen molar-refractivity contribution in [2.75, 3.05) is 13.7 Å². The van der Waals surface area contributed by atoms with Crippen LogP contribution in [0.1, 0.15) is 52.0 Å². The lowest BCUT2D eigenvalue weighted by molar-refractivity contribution is 0.0626. The number of nitrogens with zero attached hydrogens (tertiary/aromatic N) is 3. The number of methoxy groups -OCH3 is 1. The number of aromatic nitrogens is 2. The first kappa shape index (κ1) is 25.1. The summed E-state index contributed by atoms with van der Waals surface area (Å²) in [5.41, 5.74) is 2.15. The zero-order valence-electron chi connectivity index (χ0n) is 19.7. The smallest absolute Gasteiger partial charge is 0.422 e. The van der Waals surface area contributed by atoms with Crippen LogP contribution in [0.2, 0.25) is 0 Å². The fraction of sp³-hybridized carbons (Fsp3) is 0.667. The normalized spacial score (nSPS) is 12.5. The molecule has 0 aliphatic heterocycles. The highest BCUT2D eigenvalue weighted by atomic mass is 32.1. The molecule has 31 heavy (non-hydrogen) atoms. The van der Waals surface area contributed by atoms with Gasteiger partial charge in [0.2, 0.25) is 0 Å². The van der Waals surface area contributed by atoms with E-state index in [-0.39, 0.29) is 23.2 Å². The van der Waals surface area contributed by atoms with Crippen LogP contribution in [0.25, 0.3) is 10.2 Å². The van der Waals surface area contributed by atoms with E-state index in [1.54, 1.807) is 32.4 Å². The standard InChI is InChI=1S/C21H34N4O5S/c1-13-14(11-22-25(19(28)29)21(5,6)7)31-17-15(13)16(26)24(12-20(2,3)4)18(27)23(17)9-10-30-8/h22H,9-12H2,1-8H3,(H,28,29). The maximum atomic E-state index is 13.3. The number of carbonyl (C=O) groups is 1. The zero-order chi connectivity index (χ0) is 23.7. The van der Waals surface area contributed by atoms with Crippen molar-refractivity contribution in [2.24, 2.45) is 5.41 Å². The summed E-state index contributed by atoms with van der Waals surface area (Å²) < 4.78 is 8.06. The molecular weight excluding hydrogens is 420 g/mol. The van der Waals surface area contributed by atoms with E-state index in [0.29, 0.717) is 29.9 Å². The van der Waals surface area contributed by atoms with Crippen LogP contribution in [0.4, 0.5) is 4.79 Å². The van der Waals surface area contributed by atoms with Crippen LogP contribution >= 0.6 is 11.3 Å². The summed E-state index contributed by atoms with van der Waals surface area (Å²) in [6, 6.07) is 0. The van der Waals surface area contributed by atoms with E-state index in [2.05, 4.69) is 5.43 Å². The van der Waals surface area contributed by atoms with Crippen molar-refractivity contribution in [1.82, 2.24) is 19.6 Å². The predicted octanol–water partition coefficient (Wildman–Crippen LogP) is 3.01. The van der Waals surface area contributed by atoms with E-state index >= 15 is 0 Å². The Morgan fingerprint density at radius 1 is 1.16 bits per heavy atom. The number of ether oxygens (including phenoxy) is 1. The van der Waals surface area contributed by atoms with Gasteiger partial charge in [0.05, 0.1) is 30.6 Å². The molecule has 0 radical (unpaired) electrons. The Bertz CT molecular complexity index is 1070. The second-order valence-corrected chi connectivity index (χ2v) is 10.9. The molecule has 2 aromatic heterocycles. The van der Waals surface area contributed by atoms with Gasteiger partial charge in [-0.2, -0.15) is 0 Å². The van der Waals surface area contributed by atoms with Gasteiger partial charge in [0, 0.05) is 18.5 Å². The minimum Gasteiger partial charge on any atom is -0.464 e. The highest BCUT2D eigenvalue weighted by Gasteiger charge is 2.27. The molecule has 2 heterocycles. The lowest BCUT2D eigenvalue weighted by Crippen LogP contribution is -2.52. The van der Waals surface area contributed by atoms with E-state index in [1.807, 2.05) is 27.7 Å². The van der Waals surface area contributed by atoms with Crippen molar-refractivity contribution in [1.29, 1.82) is 0 Å². The van der Waals surface area contributed by atoms with E-state index in [9.17, 15) is 19.5 Å². The summed E-state index contributed by atoms with van der Waals surface area (Å²) in [6.45, 7) is 14.3. The molecular formula is C21H34N4O5S. The Hall–Kier alpha value is -2.17. The quantitative estimate of drug-likeness (QED) is 0.623. The van der Waals surface area contributed by atoms with E-state index in [0.717, 1.165) is 15.4 Å². The Morgan fingerprint density at radius 2 is 1.77 bits per heavy atom. The molecule has 0 bridgehead atoms. The van der Waals surface area contributed by atoms with Crippen molar-refractivity contribution < 1.29 is 14.6 Å². The Labute approximate surface area is 186 Å². The number of hydrogen-bond donors (Lipinski definition) is 2. The minimum atomic E-state index is -1.09. The number of carboxylic acid groups (broad SMARTS) is 1. The molecule has 2 rings (SSSR count). The molecule has 2 aromatic rings. The highest BCUT2D eigenvalue weighted by Crippen LogP contribution is 2.28. The first-order valence-electron chi connectivity index (χ1n) is 10.2. The van der Waals surface area contributed by atoms with Gasteiger partial charge >= 0.3 is 11.8 Å². The third-order valence-electron chi connectivity index (χ3n) is 4.80. The van der Waals surface area contributed by atoms with Crippen LogP contribution < -0.4 is 16.7 Å². The molecule has 0 saturated heterocycles. The molecule has 10 heteroatoms. The number of hydrazine groups is 1. The zero-order valence-corrected chi connectivity index (χ0v) is 20.5. The number of thiophene rings is 1. The van der Waals surface area contributed by atoms with Gasteiger partial charge in [-0.05, 0) is 38.7 Å². The topological polar surface area (TPSA) is 106 Å².